The highest BCUT2D eigenvalue weighted by molar-refractivity contribution is 6.07. The Kier molecular flexibility index (Phi) is 3.36. The van der Waals surface area contributed by atoms with Gasteiger partial charge in [0.25, 0.3) is 5.56 Å². The number of nitrogens with zero attached hydrogens (tertiary/aromatic N) is 2. The van der Waals surface area contributed by atoms with Crippen LogP contribution >= 0.6 is 0 Å². The minimum atomic E-state index is -0.356. The minimum Gasteiger partial charge on any atom is -0.506 e. The zero-order valence-corrected chi connectivity index (χ0v) is 14.5. The minimum absolute atomic E-state index is 0.0672. The lowest BCUT2D eigenvalue weighted by atomic mass is 9.99. The molecule has 7 nitrogen and oxygen atoms in total. The first-order chi connectivity index (χ1) is 13.1. The molecular formula is C20H16N2O5. The third-order valence-corrected chi connectivity index (χ3v) is 5.00. The molecule has 0 spiro atoms. The Bertz CT molecular complexity index is 1160. The van der Waals surface area contributed by atoms with Gasteiger partial charge in [0, 0.05) is 18.9 Å². The Labute approximate surface area is 154 Å². The van der Waals surface area contributed by atoms with Crippen molar-refractivity contribution in [3.05, 3.63) is 63.9 Å². The molecule has 1 atom stereocenters. The maximum atomic E-state index is 12.8. The highest BCUT2D eigenvalue weighted by atomic mass is 16.7. The number of benzene rings is 2. The van der Waals surface area contributed by atoms with Crippen LogP contribution in [-0.4, -0.2) is 22.2 Å². The lowest BCUT2D eigenvalue weighted by molar-refractivity contribution is 0.0855. The molecule has 1 aromatic heterocycles. The molecule has 5 rings (SSSR count). The van der Waals surface area contributed by atoms with E-state index in [2.05, 4.69) is 5.16 Å². The number of ether oxygens (including phenoxy) is 2. The van der Waals surface area contributed by atoms with Gasteiger partial charge in [-0.3, -0.25) is 4.79 Å². The van der Waals surface area contributed by atoms with Crippen molar-refractivity contribution >= 4 is 16.6 Å². The maximum Gasteiger partial charge on any atom is 0.263 e. The van der Waals surface area contributed by atoms with Crippen LogP contribution in [0.3, 0.4) is 0 Å². The monoisotopic (exact) mass is 364 g/mol. The highest BCUT2D eigenvalue weighted by Crippen LogP contribution is 2.38. The average Bonchev–Trinajstić information content (AvgIpc) is 3.35. The molecule has 136 valence electrons. The SMILES string of the molecule is Cn1c(=O)c(C2=NO[C@@H](c3ccc4c(c3)OCO4)C2)c(O)c2ccccc21. The summed E-state index contributed by atoms with van der Waals surface area (Å²) in [5.41, 5.74) is 1.84. The summed E-state index contributed by atoms with van der Waals surface area (Å²) in [5.74, 6) is 1.29. The van der Waals surface area contributed by atoms with Crippen molar-refractivity contribution in [2.24, 2.45) is 12.2 Å². The highest BCUT2D eigenvalue weighted by Gasteiger charge is 2.30. The molecule has 1 N–H and O–H groups in total. The molecule has 0 unspecified atom stereocenters. The lowest BCUT2D eigenvalue weighted by Crippen LogP contribution is -2.24. The molecule has 3 aromatic rings. The van der Waals surface area contributed by atoms with E-state index in [1.807, 2.05) is 30.3 Å². The zero-order chi connectivity index (χ0) is 18.5. The largest absolute Gasteiger partial charge is 0.506 e. The van der Waals surface area contributed by atoms with E-state index in [4.69, 9.17) is 14.3 Å². The summed E-state index contributed by atoms with van der Waals surface area (Å²) < 4.78 is 12.2. The average molecular weight is 364 g/mol. The number of hydrogen-bond donors (Lipinski definition) is 1. The second-order valence-electron chi connectivity index (χ2n) is 6.55. The van der Waals surface area contributed by atoms with E-state index < -0.39 is 0 Å². The molecule has 0 amide bonds. The predicted octanol–water partition coefficient (Wildman–Crippen LogP) is 2.84. The summed E-state index contributed by atoms with van der Waals surface area (Å²) in [5, 5.41) is 15.4. The van der Waals surface area contributed by atoms with Gasteiger partial charge in [0.05, 0.1) is 5.52 Å². The number of para-hydroxylation sites is 1. The standard InChI is InChI=1S/C20H16N2O5/c1-22-14-5-3-2-4-12(14)19(23)18(20(22)24)13-9-16(27-21-13)11-6-7-15-17(8-11)26-10-25-15/h2-8,16,23H,9-10H2,1H3/t16-/m1/s1. The molecule has 0 radical (unpaired) electrons. The van der Waals surface area contributed by atoms with Crippen molar-refractivity contribution in [3.8, 4) is 17.2 Å². The van der Waals surface area contributed by atoms with E-state index in [0.29, 0.717) is 34.5 Å². The molecule has 27 heavy (non-hydrogen) atoms. The van der Waals surface area contributed by atoms with Crippen molar-refractivity contribution in [1.29, 1.82) is 0 Å². The van der Waals surface area contributed by atoms with Crippen LogP contribution in [0.4, 0.5) is 0 Å². The van der Waals surface area contributed by atoms with E-state index in [9.17, 15) is 9.90 Å². The second kappa shape index (κ2) is 5.77. The van der Waals surface area contributed by atoms with Crippen molar-refractivity contribution < 1.29 is 19.4 Å². The number of aryl methyl sites for hydroxylation is 1. The first-order valence-electron chi connectivity index (χ1n) is 8.57. The van der Waals surface area contributed by atoms with Gasteiger partial charge in [0.1, 0.15) is 17.0 Å². The van der Waals surface area contributed by atoms with E-state index in [-0.39, 0.29) is 29.8 Å². The maximum absolute atomic E-state index is 12.8. The van der Waals surface area contributed by atoms with E-state index >= 15 is 0 Å². The van der Waals surface area contributed by atoms with Crippen molar-refractivity contribution in [2.45, 2.75) is 12.5 Å². The number of hydrogen-bond acceptors (Lipinski definition) is 6. The Balaban J connectivity index is 1.53. The summed E-state index contributed by atoms with van der Waals surface area (Å²) in [6.45, 7) is 0.201. The van der Waals surface area contributed by atoms with Crippen molar-refractivity contribution in [1.82, 2.24) is 4.57 Å². The molecule has 0 bridgehead atoms. The molecular weight excluding hydrogens is 348 g/mol. The summed E-state index contributed by atoms with van der Waals surface area (Å²) in [6, 6.07) is 12.8. The Morgan fingerprint density at radius 3 is 2.85 bits per heavy atom. The molecule has 2 aliphatic rings. The number of aromatic nitrogens is 1. The number of aromatic hydroxyl groups is 1. The fraction of sp³-hybridized carbons (Fsp3) is 0.200. The van der Waals surface area contributed by atoms with Gasteiger partial charge in [0.2, 0.25) is 6.79 Å². The van der Waals surface area contributed by atoms with Gasteiger partial charge in [-0.2, -0.15) is 0 Å². The fourth-order valence-electron chi connectivity index (χ4n) is 3.56. The third kappa shape index (κ3) is 2.35. The molecule has 2 aromatic carbocycles. The zero-order valence-electron chi connectivity index (χ0n) is 14.5. The Morgan fingerprint density at radius 1 is 1.15 bits per heavy atom. The van der Waals surface area contributed by atoms with Gasteiger partial charge in [-0.25, -0.2) is 0 Å². The molecule has 0 fully saturated rings. The Morgan fingerprint density at radius 2 is 1.96 bits per heavy atom. The molecule has 7 heteroatoms. The fourth-order valence-corrected chi connectivity index (χ4v) is 3.56. The Hall–Kier alpha value is -3.48. The van der Waals surface area contributed by atoms with E-state index in [0.717, 1.165) is 5.56 Å². The van der Waals surface area contributed by atoms with Crippen LogP contribution in [0.15, 0.2) is 52.4 Å². The van der Waals surface area contributed by atoms with Gasteiger partial charge in [-0.15, -0.1) is 0 Å². The van der Waals surface area contributed by atoms with Crippen LogP contribution in [-0.2, 0) is 11.9 Å². The summed E-state index contributed by atoms with van der Waals surface area (Å²) >= 11 is 0. The summed E-state index contributed by atoms with van der Waals surface area (Å²) in [6.07, 6.45) is 0.0194. The number of oxime groups is 1. The molecule has 3 heterocycles. The molecule has 2 aliphatic heterocycles. The van der Waals surface area contributed by atoms with E-state index in [1.54, 1.807) is 19.2 Å². The van der Waals surface area contributed by atoms with Crippen LogP contribution in [0, 0.1) is 0 Å². The molecule has 0 saturated heterocycles. The number of fused-ring (bicyclic) bond motifs is 2. The van der Waals surface area contributed by atoms with Crippen LogP contribution in [0.1, 0.15) is 23.7 Å². The van der Waals surface area contributed by atoms with E-state index in [1.165, 1.54) is 4.57 Å². The number of pyridine rings is 1. The third-order valence-electron chi connectivity index (χ3n) is 5.00. The van der Waals surface area contributed by atoms with Crippen molar-refractivity contribution in [2.75, 3.05) is 6.79 Å². The predicted molar refractivity (Wildman–Crippen MR) is 98.4 cm³/mol. The van der Waals surface area contributed by atoms with Gasteiger partial charge in [-0.05, 0) is 29.8 Å². The van der Waals surface area contributed by atoms with Gasteiger partial charge >= 0.3 is 0 Å². The van der Waals surface area contributed by atoms with Crippen molar-refractivity contribution in [3.63, 3.8) is 0 Å². The van der Waals surface area contributed by atoms with Gasteiger partial charge in [-0.1, -0.05) is 23.4 Å². The smallest absolute Gasteiger partial charge is 0.263 e. The molecule has 0 saturated carbocycles. The normalized spacial score (nSPS) is 17.8. The van der Waals surface area contributed by atoms with Gasteiger partial charge < -0.3 is 24.0 Å². The van der Waals surface area contributed by atoms with Crippen LogP contribution in [0.2, 0.25) is 0 Å². The first kappa shape index (κ1) is 15.7. The van der Waals surface area contributed by atoms with Crippen LogP contribution in [0.25, 0.3) is 10.9 Å². The summed E-state index contributed by atoms with van der Waals surface area (Å²) in [7, 11) is 1.68. The van der Waals surface area contributed by atoms with Gasteiger partial charge in [0.15, 0.2) is 17.6 Å². The molecule has 0 aliphatic carbocycles. The summed E-state index contributed by atoms with van der Waals surface area (Å²) in [4.78, 5) is 18.4. The lowest BCUT2D eigenvalue weighted by Gasteiger charge is -2.11. The van der Waals surface area contributed by atoms with Crippen LogP contribution in [0.5, 0.6) is 17.2 Å². The quantitative estimate of drug-likeness (QED) is 0.756. The second-order valence-corrected chi connectivity index (χ2v) is 6.55. The topological polar surface area (TPSA) is 82.3 Å². The number of rotatable bonds is 2. The van der Waals surface area contributed by atoms with Crippen LogP contribution < -0.4 is 15.0 Å². The first-order valence-corrected chi connectivity index (χ1v) is 8.57.